The van der Waals surface area contributed by atoms with Gasteiger partial charge in [0.25, 0.3) is 0 Å². The summed E-state index contributed by atoms with van der Waals surface area (Å²) in [4.78, 5) is 14.4. The summed E-state index contributed by atoms with van der Waals surface area (Å²) in [6.07, 6.45) is 0. The first-order valence-corrected chi connectivity index (χ1v) is 8.68. The highest BCUT2D eigenvalue weighted by molar-refractivity contribution is 5.93. The van der Waals surface area contributed by atoms with Gasteiger partial charge in [0.05, 0.1) is 23.6 Å². The van der Waals surface area contributed by atoms with E-state index in [1.165, 1.54) is 16.7 Å². The quantitative estimate of drug-likeness (QED) is 0.713. The number of aromatic amines is 1. The summed E-state index contributed by atoms with van der Waals surface area (Å²) in [6.45, 7) is 4.78. The van der Waals surface area contributed by atoms with Crippen LogP contribution < -0.4 is 5.32 Å². The smallest absolute Gasteiger partial charge is 0.238 e. The average molecular weight is 348 g/mol. The number of aryl methyl sites for hydroxylation is 2. The summed E-state index contributed by atoms with van der Waals surface area (Å²) in [6, 6.07) is 18.6. The Labute approximate surface area is 154 Å². The van der Waals surface area contributed by atoms with Gasteiger partial charge in [-0.25, -0.2) is 0 Å². The number of carbonyl (C=O) groups excluding carboxylic acids is 1. The van der Waals surface area contributed by atoms with Crippen LogP contribution in [0.15, 0.2) is 54.6 Å². The van der Waals surface area contributed by atoms with Crippen molar-refractivity contribution in [2.75, 3.05) is 18.9 Å². The molecule has 3 rings (SSSR count). The van der Waals surface area contributed by atoms with Gasteiger partial charge in [0, 0.05) is 6.54 Å². The van der Waals surface area contributed by atoms with Gasteiger partial charge in [-0.1, -0.05) is 54.6 Å². The molecule has 2 N–H and O–H groups in total. The third-order valence-corrected chi connectivity index (χ3v) is 4.35. The van der Waals surface area contributed by atoms with E-state index in [-0.39, 0.29) is 5.91 Å². The topological polar surface area (TPSA) is 61.0 Å². The Balaban J connectivity index is 1.67. The van der Waals surface area contributed by atoms with Crippen molar-refractivity contribution >= 4 is 11.6 Å². The predicted molar refractivity (Wildman–Crippen MR) is 105 cm³/mol. The van der Waals surface area contributed by atoms with Gasteiger partial charge in [-0.15, -0.1) is 0 Å². The first-order chi connectivity index (χ1) is 12.5. The molecule has 0 fully saturated rings. The van der Waals surface area contributed by atoms with Crippen molar-refractivity contribution in [3.8, 4) is 11.1 Å². The van der Waals surface area contributed by atoms with Crippen LogP contribution in [0.3, 0.4) is 0 Å². The molecule has 0 bridgehead atoms. The molecule has 2 aromatic carbocycles. The lowest BCUT2D eigenvalue weighted by Crippen LogP contribution is -2.30. The summed E-state index contributed by atoms with van der Waals surface area (Å²) in [5.74, 6) is -0.0442. The lowest BCUT2D eigenvalue weighted by molar-refractivity contribution is -0.117. The van der Waals surface area contributed by atoms with E-state index in [0.717, 1.165) is 17.1 Å². The van der Waals surface area contributed by atoms with E-state index in [2.05, 4.69) is 39.8 Å². The molecule has 0 radical (unpaired) electrons. The van der Waals surface area contributed by atoms with Gasteiger partial charge in [-0.05, 0) is 37.6 Å². The summed E-state index contributed by atoms with van der Waals surface area (Å²) < 4.78 is 0. The fourth-order valence-electron chi connectivity index (χ4n) is 3.06. The number of H-pyrrole nitrogens is 1. The van der Waals surface area contributed by atoms with Crippen LogP contribution in [0.2, 0.25) is 0 Å². The molecule has 0 atom stereocenters. The van der Waals surface area contributed by atoms with Crippen molar-refractivity contribution in [1.82, 2.24) is 15.1 Å². The Morgan fingerprint density at radius 3 is 2.46 bits per heavy atom. The number of hydrogen-bond donors (Lipinski definition) is 2. The molecule has 3 aromatic rings. The Kier molecular flexibility index (Phi) is 5.49. The van der Waals surface area contributed by atoms with Crippen molar-refractivity contribution in [3.05, 3.63) is 71.5 Å². The van der Waals surface area contributed by atoms with Gasteiger partial charge >= 0.3 is 0 Å². The molecule has 0 unspecified atom stereocenters. The van der Waals surface area contributed by atoms with Crippen molar-refractivity contribution in [2.24, 2.45) is 0 Å². The molecule has 0 saturated heterocycles. The number of amides is 1. The minimum atomic E-state index is -0.0442. The number of likely N-dealkylation sites (N-methyl/N-ethyl adjacent to an activating group) is 1. The Morgan fingerprint density at radius 2 is 1.77 bits per heavy atom. The van der Waals surface area contributed by atoms with Crippen molar-refractivity contribution in [1.29, 1.82) is 0 Å². The molecule has 26 heavy (non-hydrogen) atoms. The van der Waals surface area contributed by atoms with Crippen molar-refractivity contribution < 1.29 is 4.79 Å². The normalized spacial score (nSPS) is 10.9. The number of hydrogen-bond acceptors (Lipinski definition) is 3. The zero-order valence-corrected chi connectivity index (χ0v) is 15.4. The second kappa shape index (κ2) is 7.97. The van der Waals surface area contributed by atoms with E-state index in [9.17, 15) is 4.79 Å². The second-order valence-electron chi connectivity index (χ2n) is 6.55. The number of rotatable bonds is 6. The van der Waals surface area contributed by atoms with Gasteiger partial charge in [-0.2, -0.15) is 5.10 Å². The maximum atomic E-state index is 12.4. The largest absolute Gasteiger partial charge is 0.322 e. The van der Waals surface area contributed by atoms with Crippen LogP contribution in [0.1, 0.15) is 17.0 Å². The fraction of sp³-hybridized carbons (Fsp3) is 0.238. The summed E-state index contributed by atoms with van der Waals surface area (Å²) in [5, 5.41) is 9.94. The number of anilines is 1. The molecule has 1 aromatic heterocycles. The molecule has 0 aliphatic rings. The number of carbonyl (C=O) groups is 1. The standard InChI is InChI=1S/C21H24N4O/c1-15-21(16(2)24-23-15)22-20(26)14-25(3)13-18-11-7-8-12-19(18)17-9-5-4-6-10-17/h4-12H,13-14H2,1-3H3,(H,22,26)(H,23,24). The average Bonchev–Trinajstić information content (AvgIpc) is 2.94. The van der Waals surface area contributed by atoms with Gasteiger partial charge in [0.1, 0.15) is 0 Å². The van der Waals surface area contributed by atoms with Crippen LogP contribution in [0.4, 0.5) is 5.69 Å². The van der Waals surface area contributed by atoms with Gasteiger partial charge in [0.2, 0.25) is 5.91 Å². The molecule has 1 heterocycles. The first kappa shape index (κ1) is 17.9. The number of nitrogens with one attached hydrogen (secondary N) is 2. The minimum Gasteiger partial charge on any atom is -0.322 e. The molecule has 1 amide bonds. The lowest BCUT2D eigenvalue weighted by Gasteiger charge is -2.19. The minimum absolute atomic E-state index is 0.0442. The monoisotopic (exact) mass is 348 g/mol. The van der Waals surface area contributed by atoms with Crippen molar-refractivity contribution in [3.63, 3.8) is 0 Å². The Bertz CT molecular complexity index is 867. The highest BCUT2D eigenvalue weighted by Gasteiger charge is 2.13. The van der Waals surface area contributed by atoms with E-state index in [4.69, 9.17) is 0 Å². The Hall–Kier alpha value is -2.92. The van der Waals surface area contributed by atoms with Gasteiger partial charge in [-0.3, -0.25) is 14.8 Å². The molecule has 0 aliphatic carbocycles. The van der Waals surface area contributed by atoms with Crippen LogP contribution in [0.25, 0.3) is 11.1 Å². The lowest BCUT2D eigenvalue weighted by atomic mass is 9.99. The highest BCUT2D eigenvalue weighted by Crippen LogP contribution is 2.24. The Morgan fingerprint density at radius 1 is 1.08 bits per heavy atom. The maximum Gasteiger partial charge on any atom is 0.238 e. The molecular formula is C21H24N4O. The van der Waals surface area contributed by atoms with E-state index >= 15 is 0 Å². The number of benzene rings is 2. The van der Waals surface area contributed by atoms with Crippen molar-refractivity contribution in [2.45, 2.75) is 20.4 Å². The second-order valence-corrected chi connectivity index (χ2v) is 6.55. The van der Waals surface area contributed by atoms with E-state index in [1.54, 1.807) is 0 Å². The SMILES string of the molecule is Cc1n[nH]c(C)c1NC(=O)CN(C)Cc1ccccc1-c1ccccc1. The number of aromatic nitrogens is 2. The summed E-state index contributed by atoms with van der Waals surface area (Å²) in [5.41, 5.74) is 6.02. The van der Waals surface area contributed by atoms with Crippen LogP contribution >= 0.6 is 0 Å². The number of nitrogens with zero attached hydrogens (tertiary/aromatic N) is 2. The van der Waals surface area contributed by atoms with E-state index in [0.29, 0.717) is 13.1 Å². The molecule has 5 heteroatoms. The summed E-state index contributed by atoms with van der Waals surface area (Å²) >= 11 is 0. The van der Waals surface area contributed by atoms with Crippen LogP contribution in [-0.4, -0.2) is 34.6 Å². The zero-order chi connectivity index (χ0) is 18.5. The van der Waals surface area contributed by atoms with Gasteiger partial charge in [0.15, 0.2) is 0 Å². The fourth-order valence-corrected chi connectivity index (χ4v) is 3.06. The third-order valence-electron chi connectivity index (χ3n) is 4.35. The van der Waals surface area contributed by atoms with E-state index < -0.39 is 0 Å². The predicted octanol–water partition coefficient (Wildman–Crippen LogP) is 3.76. The van der Waals surface area contributed by atoms with Gasteiger partial charge < -0.3 is 5.32 Å². The molecule has 0 saturated carbocycles. The zero-order valence-electron chi connectivity index (χ0n) is 15.4. The third kappa shape index (κ3) is 4.18. The maximum absolute atomic E-state index is 12.4. The molecule has 0 spiro atoms. The molecule has 0 aliphatic heterocycles. The summed E-state index contributed by atoms with van der Waals surface area (Å²) in [7, 11) is 1.95. The van der Waals surface area contributed by atoms with Crippen LogP contribution in [-0.2, 0) is 11.3 Å². The molecular weight excluding hydrogens is 324 g/mol. The highest BCUT2D eigenvalue weighted by atomic mass is 16.2. The molecule has 134 valence electrons. The van der Waals surface area contributed by atoms with Crippen LogP contribution in [0, 0.1) is 13.8 Å². The molecule has 5 nitrogen and oxygen atoms in total. The van der Waals surface area contributed by atoms with Crippen LogP contribution in [0.5, 0.6) is 0 Å². The first-order valence-electron chi connectivity index (χ1n) is 8.68. The van der Waals surface area contributed by atoms with E-state index in [1.807, 2.05) is 56.1 Å².